The van der Waals surface area contributed by atoms with Crippen molar-refractivity contribution in [3.63, 3.8) is 0 Å². The van der Waals surface area contributed by atoms with E-state index in [1.54, 1.807) is 16.2 Å². The summed E-state index contributed by atoms with van der Waals surface area (Å²) in [4.78, 5) is 32.5. The molecule has 0 radical (unpaired) electrons. The lowest BCUT2D eigenvalue weighted by Crippen LogP contribution is -2.48. The van der Waals surface area contributed by atoms with Crippen LogP contribution in [0.15, 0.2) is 53.2 Å². The van der Waals surface area contributed by atoms with Gasteiger partial charge in [-0.1, -0.05) is 44.0 Å². The van der Waals surface area contributed by atoms with E-state index in [4.69, 9.17) is 4.74 Å². The van der Waals surface area contributed by atoms with Crippen LogP contribution < -0.4 is 4.74 Å². The minimum absolute atomic E-state index is 0.0254. The lowest BCUT2D eigenvalue weighted by molar-refractivity contribution is -0.135. The fourth-order valence-electron chi connectivity index (χ4n) is 4.22. The van der Waals surface area contributed by atoms with Crippen LogP contribution in [0.2, 0.25) is 0 Å². The number of thiophene rings is 2. The highest BCUT2D eigenvalue weighted by Crippen LogP contribution is 2.34. The third-order valence-corrected chi connectivity index (χ3v) is 8.27. The van der Waals surface area contributed by atoms with Gasteiger partial charge in [0.1, 0.15) is 18.9 Å². The van der Waals surface area contributed by atoms with Crippen LogP contribution in [0.4, 0.5) is 0 Å². The number of benzene rings is 1. The lowest BCUT2D eigenvalue weighted by atomic mass is 10.00. The number of hydrogen-bond donors (Lipinski definition) is 0. The average molecular weight is 497 g/mol. The number of fused-ring (bicyclic) bond motifs is 1. The predicted octanol–water partition coefficient (Wildman–Crippen LogP) is 5.81. The maximum absolute atomic E-state index is 13.6. The molecule has 0 spiro atoms. The summed E-state index contributed by atoms with van der Waals surface area (Å²) in [5, 5.41) is 3.99. The standard InChI is InChI=1S/C27H32N2O3S2/c1-4-19(2)16-28(27(31)25-6-5-14-33-25)17-26(30)29-13-11-24-22(12-15-34-24)23(29)18-32-21-9-7-20(3)8-10-21/h5-10,12,14-15,19,23H,4,11,13,16-18H2,1-3H3/t19-,23+/m0/s1. The van der Waals surface area contributed by atoms with E-state index < -0.39 is 0 Å². The van der Waals surface area contributed by atoms with Gasteiger partial charge >= 0.3 is 0 Å². The molecule has 0 saturated heterocycles. The van der Waals surface area contributed by atoms with E-state index in [9.17, 15) is 9.59 Å². The van der Waals surface area contributed by atoms with Crippen LogP contribution in [0.25, 0.3) is 0 Å². The van der Waals surface area contributed by atoms with E-state index >= 15 is 0 Å². The van der Waals surface area contributed by atoms with Crippen molar-refractivity contribution in [2.75, 3.05) is 26.2 Å². The summed E-state index contributed by atoms with van der Waals surface area (Å²) in [6, 6.07) is 13.6. The summed E-state index contributed by atoms with van der Waals surface area (Å²) < 4.78 is 6.13. The van der Waals surface area contributed by atoms with Crippen molar-refractivity contribution in [3.05, 3.63) is 74.1 Å². The molecule has 0 aliphatic carbocycles. The molecule has 2 atom stereocenters. The number of carbonyl (C=O) groups is 2. The molecule has 5 nitrogen and oxygen atoms in total. The number of nitrogens with zero attached hydrogens (tertiary/aromatic N) is 2. The van der Waals surface area contributed by atoms with E-state index in [1.165, 1.54) is 21.8 Å². The van der Waals surface area contributed by atoms with Crippen molar-refractivity contribution in [2.24, 2.45) is 5.92 Å². The van der Waals surface area contributed by atoms with E-state index in [2.05, 4.69) is 25.3 Å². The molecule has 34 heavy (non-hydrogen) atoms. The fourth-order valence-corrected chi connectivity index (χ4v) is 5.84. The number of carbonyl (C=O) groups excluding carboxylic acids is 2. The average Bonchev–Trinajstić information content (AvgIpc) is 3.54. The van der Waals surface area contributed by atoms with Gasteiger partial charge in [-0.05, 0) is 59.9 Å². The molecule has 0 N–H and O–H groups in total. The first-order chi connectivity index (χ1) is 16.5. The highest BCUT2D eigenvalue weighted by atomic mass is 32.1. The summed E-state index contributed by atoms with van der Waals surface area (Å²) in [6.07, 6.45) is 1.79. The molecule has 3 heterocycles. The van der Waals surface area contributed by atoms with Crippen molar-refractivity contribution < 1.29 is 14.3 Å². The van der Waals surface area contributed by atoms with E-state index in [-0.39, 0.29) is 24.4 Å². The van der Waals surface area contributed by atoms with Crippen LogP contribution in [0, 0.1) is 12.8 Å². The molecule has 1 aromatic carbocycles. The minimum Gasteiger partial charge on any atom is -0.491 e. The Kier molecular flexibility index (Phi) is 8.06. The van der Waals surface area contributed by atoms with Crippen LogP contribution in [0.1, 0.15) is 52.0 Å². The van der Waals surface area contributed by atoms with Crippen molar-refractivity contribution in [2.45, 2.75) is 39.7 Å². The van der Waals surface area contributed by atoms with Gasteiger partial charge in [0.2, 0.25) is 5.91 Å². The van der Waals surface area contributed by atoms with Crippen molar-refractivity contribution in [1.82, 2.24) is 9.80 Å². The largest absolute Gasteiger partial charge is 0.491 e. The number of ether oxygens (including phenoxy) is 1. The quantitative estimate of drug-likeness (QED) is 0.376. The second kappa shape index (κ2) is 11.2. The summed E-state index contributed by atoms with van der Waals surface area (Å²) in [7, 11) is 0. The van der Waals surface area contributed by atoms with Crippen molar-refractivity contribution in [3.8, 4) is 5.75 Å². The topological polar surface area (TPSA) is 49.9 Å². The smallest absolute Gasteiger partial charge is 0.264 e. The number of hydrogen-bond acceptors (Lipinski definition) is 5. The SMILES string of the molecule is CC[C@H](C)CN(CC(=O)N1CCc2sccc2[C@H]1COc1ccc(C)cc1)C(=O)c1cccs1. The maximum Gasteiger partial charge on any atom is 0.264 e. The van der Waals surface area contributed by atoms with Gasteiger partial charge in [-0.25, -0.2) is 0 Å². The number of amides is 2. The minimum atomic E-state index is -0.161. The third-order valence-electron chi connectivity index (χ3n) is 6.42. The Balaban J connectivity index is 1.52. The first-order valence-electron chi connectivity index (χ1n) is 11.8. The molecule has 2 amide bonds. The zero-order valence-corrected chi connectivity index (χ0v) is 21.7. The fraction of sp³-hybridized carbons (Fsp3) is 0.407. The Morgan fingerprint density at radius 3 is 2.65 bits per heavy atom. The van der Waals surface area contributed by atoms with Crippen LogP contribution >= 0.6 is 22.7 Å². The first kappa shape index (κ1) is 24.5. The van der Waals surface area contributed by atoms with E-state index in [0.717, 1.165) is 24.2 Å². The molecule has 4 rings (SSSR count). The summed E-state index contributed by atoms with van der Waals surface area (Å²) in [6.45, 7) is 7.97. The molecule has 7 heteroatoms. The number of aryl methyl sites for hydroxylation is 1. The highest BCUT2D eigenvalue weighted by Gasteiger charge is 2.34. The highest BCUT2D eigenvalue weighted by molar-refractivity contribution is 7.12. The Morgan fingerprint density at radius 1 is 1.15 bits per heavy atom. The zero-order valence-electron chi connectivity index (χ0n) is 20.0. The van der Waals surface area contributed by atoms with Crippen LogP contribution in [0.3, 0.4) is 0 Å². The second-order valence-corrected chi connectivity index (χ2v) is 10.9. The van der Waals surface area contributed by atoms with Gasteiger partial charge in [0.25, 0.3) is 5.91 Å². The molecule has 3 aromatic rings. The molecule has 1 aliphatic heterocycles. The molecular formula is C27H32N2O3S2. The van der Waals surface area contributed by atoms with Gasteiger partial charge in [0.05, 0.1) is 10.9 Å². The van der Waals surface area contributed by atoms with Gasteiger partial charge in [-0.3, -0.25) is 9.59 Å². The molecule has 0 saturated carbocycles. The Morgan fingerprint density at radius 2 is 1.94 bits per heavy atom. The van der Waals surface area contributed by atoms with Gasteiger partial charge in [0, 0.05) is 18.0 Å². The van der Waals surface area contributed by atoms with Gasteiger partial charge < -0.3 is 14.5 Å². The normalized spacial score (nSPS) is 16.1. The summed E-state index contributed by atoms with van der Waals surface area (Å²) >= 11 is 3.16. The molecule has 180 valence electrons. The maximum atomic E-state index is 13.6. The lowest BCUT2D eigenvalue weighted by Gasteiger charge is -2.37. The van der Waals surface area contributed by atoms with Gasteiger partial charge in [-0.2, -0.15) is 0 Å². The van der Waals surface area contributed by atoms with Gasteiger partial charge in [-0.15, -0.1) is 22.7 Å². The third kappa shape index (κ3) is 5.70. The second-order valence-electron chi connectivity index (χ2n) is 8.95. The van der Waals surface area contributed by atoms with E-state index in [0.29, 0.717) is 30.5 Å². The Labute approximate surface area is 210 Å². The van der Waals surface area contributed by atoms with Gasteiger partial charge in [0.15, 0.2) is 0 Å². The molecule has 0 unspecified atom stereocenters. The van der Waals surface area contributed by atoms with Crippen LogP contribution in [0.5, 0.6) is 5.75 Å². The van der Waals surface area contributed by atoms with Crippen LogP contribution in [-0.2, 0) is 11.2 Å². The van der Waals surface area contributed by atoms with Crippen molar-refractivity contribution >= 4 is 34.5 Å². The first-order valence-corrected chi connectivity index (χ1v) is 13.6. The monoisotopic (exact) mass is 496 g/mol. The van der Waals surface area contributed by atoms with Crippen LogP contribution in [-0.4, -0.2) is 47.9 Å². The molecule has 2 aromatic heterocycles. The molecular weight excluding hydrogens is 464 g/mol. The zero-order chi connectivity index (χ0) is 24.1. The molecule has 1 aliphatic rings. The molecule has 0 fully saturated rings. The predicted molar refractivity (Wildman–Crippen MR) is 139 cm³/mol. The summed E-state index contributed by atoms with van der Waals surface area (Å²) in [5.74, 6) is 1.03. The summed E-state index contributed by atoms with van der Waals surface area (Å²) in [5.41, 5.74) is 2.34. The number of rotatable bonds is 9. The Bertz CT molecular complexity index is 1090. The molecule has 0 bridgehead atoms. The van der Waals surface area contributed by atoms with E-state index in [1.807, 2.05) is 53.6 Å². The van der Waals surface area contributed by atoms with Crippen molar-refractivity contribution in [1.29, 1.82) is 0 Å². The Hall–Kier alpha value is -2.64.